The topological polar surface area (TPSA) is 65.4 Å². The van der Waals surface area contributed by atoms with Crippen molar-refractivity contribution in [2.24, 2.45) is 0 Å². The molecule has 0 saturated carbocycles. The van der Waals surface area contributed by atoms with E-state index in [4.69, 9.17) is 21.1 Å². The van der Waals surface area contributed by atoms with E-state index >= 15 is 0 Å². The number of halogens is 1. The number of nitrogens with zero attached hydrogens (tertiary/aromatic N) is 2. The minimum Gasteiger partial charge on any atom is -0.493 e. The number of hydrogen-bond donors (Lipinski definition) is 1. The van der Waals surface area contributed by atoms with E-state index in [9.17, 15) is 4.79 Å². The summed E-state index contributed by atoms with van der Waals surface area (Å²) in [5, 5.41) is 7.48. The molecule has 0 saturated heterocycles. The molecule has 1 atom stereocenters. The molecule has 0 fully saturated rings. The van der Waals surface area contributed by atoms with Gasteiger partial charge in [-0.15, -0.1) is 0 Å². The second kappa shape index (κ2) is 8.58. The van der Waals surface area contributed by atoms with E-state index < -0.39 is 0 Å². The fraction of sp³-hybridized carbons (Fsp3) is 0.333. The van der Waals surface area contributed by atoms with Gasteiger partial charge in [0.05, 0.1) is 31.5 Å². The molecule has 0 spiro atoms. The Bertz CT molecular complexity index is 771. The summed E-state index contributed by atoms with van der Waals surface area (Å²) in [6, 6.07) is 5.43. The van der Waals surface area contributed by atoms with Gasteiger partial charge in [-0.1, -0.05) is 18.5 Å². The Morgan fingerprint density at radius 1 is 1.40 bits per heavy atom. The first kappa shape index (κ1) is 18.9. The molecule has 2 rings (SSSR count). The molecule has 1 heterocycles. The summed E-state index contributed by atoms with van der Waals surface area (Å²) in [4.78, 5) is 12.2. The highest BCUT2D eigenvalue weighted by Gasteiger charge is 2.11. The van der Waals surface area contributed by atoms with Crippen LogP contribution in [0.2, 0.25) is 5.02 Å². The Balaban J connectivity index is 2.13. The maximum absolute atomic E-state index is 12.2. The van der Waals surface area contributed by atoms with E-state index in [0.29, 0.717) is 22.3 Å². The molecular formula is C18H22ClN3O3. The number of anilines is 1. The van der Waals surface area contributed by atoms with Gasteiger partial charge in [-0.05, 0) is 37.1 Å². The van der Waals surface area contributed by atoms with E-state index in [1.54, 1.807) is 35.2 Å². The highest BCUT2D eigenvalue weighted by atomic mass is 35.5. The zero-order valence-electron chi connectivity index (χ0n) is 14.7. The van der Waals surface area contributed by atoms with Crippen LogP contribution >= 0.6 is 11.6 Å². The molecule has 0 aliphatic rings. The summed E-state index contributed by atoms with van der Waals surface area (Å²) >= 11 is 6.16. The van der Waals surface area contributed by atoms with Gasteiger partial charge in [0.25, 0.3) is 0 Å². The molecule has 1 aromatic heterocycles. The SMILES string of the molecule is CCC(C)n1nccc1NC(=O)C=Cc1cc(Cl)c(OC)c(OC)c1. The second-order valence-electron chi connectivity index (χ2n) is 5.48. The number of hydrogen-bond acceptors (Lipinski definition) is 4. The molecule has 0 aliphatic carbocycles. The van der Waals surface area contributed by atoms with Crippen LogP contribution in [0, 0.1) is 0 Å². The molecule has 1 aromatic carbocycles. The van der Waals surface area contributed by atoms with E-state index in [-0.39, 0.29) is 11.9 Å². The maximum atomic E-state index is 12.2. The molecule has 7 heteroatoms. The van der Waals surface area contributed by atoms with E-state index in [0.717, 1.165) is 12.0 Å². The number of nitrogens with one attached hydrogen (secondary N) is 1. The van der Waals surface area contributed by atoms with Gasteiger partial charge >= 0.3 is 0 Å². The van der Waals surface area contributed by atoms with Gasteiger partial charge in [0.15, 0.2) is 11.5 Å². The number of carbonyl (C=O) groups is 1. The third kappa shape index (κ3) is 4.54. The lowest BCUT2D eigenvalue weighted by Crippen LogP contribution is -2.15. The van der Waals surface area contributed by atoms with Crippen molar-refractivity contribution >= 4 is 29.4 Å². The highest BCUT2D eigenvalue weighted by Crippen LogP contribution is 2.36. The largest absolute Gasteiger partial charge is 0.493 e. The van der Waals surface area contributed by atoms with Crippen molar-refractivity contribution < 1.29 is 14.3 Å². The molecule has 0 aliphatic heterocycles. The summed E-state index contributed by atoms with van der Waals surface area (Å²) in [5.74, 6) is 1.37. The number of methoxy groups -OCH3 is 2. The molecule has 0 bridgehead atoms. The monoisotopic (exact) mass is 363 g/mol. The molecule has 0 radical (unpaired) electrons. The lowest BCUT2D eigenvalue weighted by atomic mass is 10.2. The minimum absolute atomic E-state index is 0.207. The fourth-order valence-corrected chi connectivity index (χ4v) is 2.61. The van der Waals surface area contributed by atoms with Gasteiger partial charge < -0.3 is 14.8 Å². The van der Waals surface area contributed by atoms with Crippen LogP contribution in [0.4, 0.5) is 5.82 Å². The number of benzene rings is 1. The molecular weight excluding hydrogens is 342 g/mol. The van der Waals surface area contributed by atoms with Gasteiger partial charge in [0.2, 0.25) is 5.91 Å². The van der Waals surface area contributed by atoms with Crippen LogP contribution in [-0.2, 0) is 4.79 Å². The molecule has 1 unspecified atom stereocenters. The van der Waals surface area contributed by atoms with Crippen molar-refractivity contribution in [3.63, 3.8) is 0 Å². The average Bonchev–Trinajstić information content (AvgIpc) is 3.06. The highest BCUT2D eigenvalue weighted by molar-refractivity contribution is 6.32. The first-order valence-corrected chi connectivity index (χ1v) is 8.32. The van der Waals surface area contributed by atoms with Crippen LogP contribution in [-0.4, -0.2) is 29.9 Å². The Kier molecular flexibility index (Phi) is 6.47. The number of amides is 1. The number of rotatable bonds is 7. The van der Waals surface area contributed by atoms with Crippen molar-refractivity contribution in [3.8, 4) is 11.5 Å². The van der Waals surface area contributed by atoms with Gasteiger partial charge in [-0.2, -0.15) is 5.10 Å². The number of aromatic nitrogens is 2. The summed E-state index contributed by atoms with van der Waals surface area (Å²) in [6.45, 7) is 4.11. The Morgan fingerprint density at radius 2 is 2.16 bits per heavy atom. The standard InChI is InChI=1S/C18H22ClN3O3/c1-5-12(2)22-16(8-9-20-22)21-17(23)7-6-13-10-14(19)18(25-4)15(11-13)24-3/h6-12H,5H2,1-4H3,(H,21,23). The predicted molar refractivity (Wildman–Crippen MR) is 99.4 cm³/mol. The van der Waals surface area contributed by atoms with E-state index in [1.165, 1.54) is 20.3 Å². The average molecular weight is 364 g/mol. The van der Waals surface area contributed by atoms with Crippen molar-refractivity contribution in [1.82, 2.24) is 9.78 Å². The Hall–Kier alpha value is -2.47. The Labute approximate surface area is 152 Å². The summed E-state index contributed by atoms with van der Waals surface area (Å²) in [5.41, 5.74) is 0.730. The Morgan fingerprint density at radius 3 is 2.80 bits per heavy atom. The van der Waals surface area contributed by atoms with E-state index in [2.05, 4.69) is 17.3 Å². The molecule has 1 amide bonds. The van der Waals surface area contributed by atoms with Crippen molar-refractivity contribution in [2.75, 3.05) is 19.5 Å². The summed E-state index contributed by atoms with van der Waals surface area (Å²) in [7, 11) is 3.05. The van der Waals surface area contributed by atoms with Gasteiger partial charge in [0.1, 0.15) is 5.82 Å². The maximum Gasteiger partial charge on any atom is 0.249 e. The van der Waals surface area contributed by atoms with Crippen LogP contribution in [0.25, 0.3) is 6.08 Å². The molecule has 1 N–H and O–H groups in total. The van der Waals surface area contributed by atoms with Gasteiger partial charge in [-0.25, -0.2) is 4.68 Å². The van der Waals surface area contributed by atoms with Crippen LogP contribution in [0.1, 0.15) is 31.9 Å². The van der Waals surface area contributed by atoms with E-state index in [1.807, 2.05) is 6.92 Å². The number of ether oxygens (including phenoxy) is 2. The fourth-order valence-electron chi connectivity index (χ4n) is 2.31. The zero-order valence-corrected chi connectivity index (χ0v) is 15.5. The van der Waals surface area contributed by atoms with Crippen LogP contribution < -0.4 is 14.8 Å². The van der Waals surface area contributed by atoms with Gasteiger partial charge in [0, 0.05) is 12.1 Å². The molecule has 134 valence electrons. The van der Waals surface area contributed by atoms with Crippen molar-refractivity contribution in [1.29, 1.82) is 0 Å². The summed E-state index contributed by atoms with van der Waals surface area (Å²) in [6.07, 6.45) is 5.68. The van der Waals surface area contributed by atoms with Crippen LogP contribution in [0.3, 0.4) is 0 Å². The van der Waals surface area contributed by atoms with Crippen LogP contribution in [0.5, 0.6) is 11.5 Å². The van der Waals surface area contributed by atoms with Crippen molar-refractivity contribution in [2.45, 2.75) is 26.3 Å². The first-order valence-electron chi connectivity index (χ1n) is 7.94. The van der Waals surface area contributed by atoms with Gasteiger partial charge in [-0.3, -0.25) is 4.79 Å². The first-order chi connectivity index (χ1) is 12.0. The number of carbonyl (C=O) groups excluding carboxylic acids is 1. The van der Waals surface area contributed by atoms with Crippen LogP contribution in [0.15, 0.2) is 30.5 Å². The lowest BCUT2D eigenvalue weighted by molar-refractivity contribution is -0.111. The summed E-state index contributed by atoms with van der Waals surface area (Å²) < 4.78 is 12.2. The zero-order chi connectivity index (χ0) is 18.4. The smallest absolute Gasteiger partial charge is 0.249 e. The molecule has 2 aromatic rings. The molecule has 25 heavy (non-hydrogen) atoms. The minimum atomic E-state index is -0.254. The van der Waals surface area contributed by atoms with Crippen molar-refractivity contribution in [3.05, 3.63) is 41.1 Å². The second-order valence-corrected chi connectivity index (χ2v) is 5.89. The lowest BCUT2D eigenvalue weighted by Gasteiger charge is -2.13. The third-order valence-corrected chi connectivity index (χ3v) is 4.09. The third-order valence-electron chi connectivity index (χ3n) is 3.81. The quantitative estimate of drug-likeness (QED) is 0.749. The molecule has 6 nitrogen and oxygen atoms in total. The predicted octanol–water partition coefficient (Wildman–Crippen LogP) is 4.18. The normalized spacial score (nSPS) is 12.2.